The fourth-order valence-electron chi connectivity index (χ4n) is 3.63. The molecular weight excluding hydrogens is 420 g/mol. The van der Waals surface area contributed by atoms with Gasteiger partial charge in [0.15, 0.2) is 5.82 Å². The van der Waals surface area contributed by atoms with E-state index in [1.807, 2.05) is 42.5 Å². The Hall–Kier alpha value is -4.26. The van der Waals surface area contributed by atoms with Crippen molar-refractivity contribution >= 4 is 16.7 Å². The van der Waals surface area contributed by atoms with E-state index in [1.165, 1.54) is 12.1 Å². The summed E-state index contributed by atoms with van der Waals surface area (Å²) >= 11 is 0. The summed E-state index contributed by atoms with van der Waals surface area (Å²) < 4.78 is 27.8. The van der Waals surface area contributed by atoms with E-state index in [-0.39, 0.29) is 0 Å². The lowest BCUT2D eigenvalue weighted by Gasteiger charge is -2.13. The predicted octanol–water partition coefficient (Wildman–Crippen LogP) is 5.69. The Kier molecular flexibility index (Phi) is 5.68. The molecule has 5 nitrogen and oxygen atoms in total. The van der Waals surface area contributed by atoms with Gasteiger partial charge in [0.2, 0.25) is 0 Å². The van der Waals surface area contributed by atoms with Gasteiger partial charge in [0.1, 0.15) is 17.5 Å². The van der Waals surface area contributed by atoms with Gasteiger partial charge in [0, 0.05) is 59.8 Å². The average Bonchev–Trinajstić information content (AvgIpc) is 2.85. The molecule has 5 aromatic rings. The Balaban J connectivity index is 1.56. The van der Waals surface area contributed by atoms with Gasteiger partial charge in [-0.25, -0.2) is 18.7 Å². The zero-order valence-electron chi connectivity index (χ0n) is 17.5. The molecule has 0 aliphatic rings. The number of halogens is 2. The van der Waals surface area contributed by atoms with E-state index in [2.05, 4.69) is 20.3 Å². The van der Waals surface area contributed by atoms with E-state index in [9.17, 15) is 8.78 Å². The molecule has 162 valence electrons. The zero-order valence-corrected chi connectivity index (χ0v) is 17.5. The van der Waals surface area contributed by atoms with Crippen molar-refractivity contribution in [3.63, 3.8) is 0 Å². The molecule has 0 bridgehead atoms. The summed E-state index contributed by atoms with van der Waals surface area (Å²) in [7, 11) is 0. The van der Waals surface area contributed by atoms with Crippen LogP contribution in [0.25, 0.3) is 33.4 Å². The Labute approximate surface area is 189 Å². The van der Waals surface area contributed by atoms with Gasteiger partial charge in [0.05, 0.1) is 5.52 Å². The van der Waals surface area contributed by atoms with Crippen molar-refractivity contribution in [3.8, 4) is 22.5 Å². The molecule has 3 heterocycles. The molecule has 0 aliphatic carbocycles. The number of benzene rings is 2. The van der Waals surface area contributed by atoms with Crippen molar-refractivity contribution < 1.29 is 8.78 Å². The molecule has 3 aromatic heterocycles. The monoisotopic (exact) mass is 439 g/mol. The van der Waals surface area contributed by atoms with Crippen LogP contribution in [0.4, 0.5) is 14.6 Å². The molecule has 7 heteroatoms. The quantitative estimate of drug-likeness (QED) is 0.368. The van der Waals surface area contributed by atoms with E-state index < -0.39 is 11.6 Å². The Morgan fingerprint density at radius 3 is 2.55 bits per heavy atom. The third-order valence-electron chi connectivity index (χ3n) is 5.26. The topological polar surface area (TPSA) is 63.6 Å². The molecular formula is C26H19F2N5. The van der Waals surface area contributed by atoms with E-state index in [0.29, 0.717) is 41.3 Å². The van der Waals surface area contributed by atoms with E-state index in [1.54, 1.807) is 24.7 Å². The summed E-state index contributed by atoms with van der Waals surface area (Å²) in [5, 5.41) is 4.12. The second-order valence-corrected chi connectivity index (χ2v) is 7.49. The van der Waals surface area contributed by atoms with Gasteiger partial charge in [-0.2, -0.15) is 0 Å². The first-order valence-electron chi connectivity index (χ1n) is 10.5. The number of nitrogens with one attached hydrogen (secondary N) is 1. The van der Waals surface area contributed by atoms with Gasteiger partial charge in [-0.1, -0.05) is 12.1 Å². The van der Waals surface area contributed by atoms with Crippen LogP contribution in [0.1, 0.15) is 5.69 Å². The van der Waals surface area contributed by atoms with E-state index in [0.717, 1.165) is 22.7 Å². The van der Waals surface area contributed by atoms with Crippen molar-refractivity contribution in [1.29, 1.82) is 0 Å². The highest BCUT2D eigenvalue weighted by Gasteiger charge is 2.13. The number of rotatable bonds is 6. The largest absolute Gasteiger partial charge is 0.369 e. The first-order chi connectivity index (χ1) is 16.2. The maximum atomic E-state index is 14.4. The van der Waals surface area contributed by atoms with Gasteiger partial charge < -0.3 is 5.32 Å². The zero-order chi connectivity index (χ0) is 22.6. The molecule has 0 amide bonds. The molecule has 0 spiro atoms. The Bertz CT molecular complexity index is 1410. The molecule has 0 fully saturated rings. The second kappa shape index (κ2) is 9.08. The van der Waals surface area contributed by atoms with Gasteiger partial charge >= 0.3 is 0 Å². The molecule has 5 rings (SSSR count). The van der Waals surface area contributed by atoms with Crippen LogP contribution in [0, 0.1) is 11.6 Å². The fourth-order valence-corrected chi connectivity index (χ4v) is 3.63. The number of hydrogen-bond donors (Lipinski definition) is 1. The van der Waals surface area contributed by atoms with Crippen LogP contribution in [0.3, 0.4) is 0 Å². The molecule has 0 radical (unpaired) electrons. The lowest BCUT2D eigenvalue weighted by Crippen LogP contribution is -2.09. The molecule has 0 saturated heterocycles. The first kappa shape index (κ1) is 20.6. The number of nitrogens with zero attached hydrogens (tertiary/aromatic N) is 4. The molecule has 1 N–H and O–H groups in total. The number of anilines is 1. The molecule has 33 heavy (non-hydrogen) atoms. The van der Waals surface area contributed by atoms with Crippen molar-refractivity contribution in [2.75, 3.05) is 11.9 Å². The Morgan fingerprint density at radius 1 is 0.818 bits per heavy atom. The predicted molar refractivity (Wildman–Crippen MR) is 125 cm³/mol. The SMILES string of the molecule is Fc1ccc(-c2ccc3nc(-c4cccnc4)nc(NCCc4ccccn4)c3c2)c(F)c1. The summed E-state index contributed by atoms with van der Waals surface area (Å²) in [6.45, 7) is 0.602. The maximum Gasteiger partial charge on any atom is 0.163 e. The highest BCUT2D eigenvalue weighted by molar-refractivity contribution is 5.94. The smallest absolute Gasteiger partial charge is 0.163 e. The minimum absolute atomic E-state index is 0.314. The third kappa shape index (κ3) is 4.52. The lowest BCUT2D eigenvalue weighted by atomic mass is 10.0. The third-order valence-corrected chi connectivity index (χ3v) is 5.26. The van der Waals surface area contributed by atoms with Crippen molar-refractivity contribution in [3.05, 3.63) is 103 Å². The van der Waals surface area contributed by atoms with Crippen LogP contribution < -0.4 is 5.32 Å². The summed E-state index contributed by atoms with van der Waals surface area (Å²) in [6, 6.07) is 18.5. The Morgan fingerprint density at radius 2 is 1.76 bits per heavy atom. The second-order valence-electron chi connectivity index (χ2n) is 7.49. The molecule has 2 aromatic carbocycles. The van der Waals surface area contributed by atoms with Crippen LogP contribution in [0.15, 0.2) is 85.3 Å². The molecule has 0 saturated carbocycles. The molecule has 0 atom stereocenters. The number of pyridine rings is 2. The van der Waals surface area contributed by atoms with Gasteiger partial charge in [-0.15, -0.1) is 0 Å². The minimum atomic E-state index is -0.619. The first-order valence-corrected chi connectivity index (χ1v) is 10.5. The van der Waals surface area contributed by atoms with Crippen molar-refractivity contribution in [2.45, 2.75) is 6.42 Å². The van der Waals surface area contributed by atoms with Crippen LogP contribution in [-0.4, -0.2) is 26.5 Å². The average molecular weight is 439 g/mol. The van der Waals surface area contributed by atoms with Crippen LogP contribution in [0.2, 0.25) is 0 Å². The van der Waals surface area contributed by atoms with Crippen molar-refractivity contribution in [1.82, 2.24) is 19.9 Å². The van der Waals surface area contributed by atoms with Gasteiger partial charge in [-0.05, 0) is 54.1 Å². The highest BCUT2D eigenvalue weighted by atomic mass is 19.1. The summed E-state index contributed by atoms with van der Waals surface area (Å²) in [4.78, 5) is 17.9. The van der Waals surface area contributed by atoms with Gasteiger partial charge in [-0.3, -0.25) is 9.97 Å². The van der Waals surface area contributed by atoms with Crippen LogP contribution in [-0.2, 0) is 6.42 Å². The minimum Gasteiger partial charge on any atom is -0.369 e. The van der Waals surface area contributed by atoms with E-state index in [4.69, 9.17) is 4.98 Å². The normalized spacial score (nSPS) is 11.0. The number of hydrogen-bond acceptors (Lipinski definition) is 5. The highest BCUT2D eigenvalue weighted by Crippen LogP contribution is 2.31. The number of fused-ring (bicyclic) bond motifs is 1. The standard InChI is InChI=1S/C26H19F2N5/c27-19-7-8-21(23(28)15-19)17-6-9-24-22(14-17)26(31-13-10-20-5-1-2-12-30-20)33-25(32-24)18-4-3-11-29-16-18/h1-9,11-12,14-16H,10,13H2,(H,31,32,33). The summed E-state index contributed by atoms with van der Waals surface area (Å²) in [5.74, 6) is -0.0684. The van der Waals surface area contributed by atoms with E-state index >= 15 is 0 Å². The lowest BCUT2D eigenvalue weighted by molar-refractivity contribution is 0.585. The molecule has 0 aliphatic heterocycles. The van der Waals surface area contributed by atoms with Crippen molar-refractivity contribution in [2.24, 2.45) is 0 Å². The fraction of sp³-hybridized carbons (Fsp3) is 0.0769. The van der Waals surface area contributed by atoms with Crippen LogP contribution >= 0.6 is 0 Å². The van der Waals surface area contributed by atoms with Crippen LogP contribution in [0.5, 0.6) is 0 Å². The molecule has 0 unspecified atom stereocenters. The summed E-state index contributed by atoms with van der Waals surface area (Å²) in [5.41, 5.74) is 3.39. The maximum absolute atomic E-state index is 14.4. The number of aromatic nitrogens is 4. The summed E-state index contributed by atoms with van der Waals surface area (Å²) in [6.07, 6.45) is 5.88. The van der Waals surface area contributed by atoms with Gasteiger partial charge in [0.25, 0.3) is 0 Å².